The van der Waals surface area contributed by atoms with Crippen molar-refractivity contribution in [1.29, 1.82) is 0 Å². The van der Waals surface area contributed by atoms with Crippen LogP contribution in [0.5, 0.6) is 0 Å². The van der Waals surface area contributed by atoms with E-state index in [0.717, 1.165) is 25.9 Å². The van der Waals surface area contributed by atoms with Gasteiger partial charge in [-0.3, -0.25) is 4.79 Å². The Morgan fingerprint density at radius 2 is 2.35 bits per heavy atom. The van der Waals surface area contributed by atoms with Gasteiger partial charge in [0.2, 0.25) is 0 Å². The van der Waals surface area contributed by atoms with Gasteiger partial charge in [0.15, 0.2) is 0 Å². The van der Waals surface area contributed by atoms with E-state index in [1.54, 1.807) is 19.4 Å². The Hall–Kier alpha value is -1.36. The first-order chi connectivity index (χ1) is 8.08. The molecule has 1 aromatic heterocycles. The quantitative estimate of drug-likeness (QED) is 0.721. The predicted octanol–water partition coefficient (Wildman–Crippen LogP) is 1.51. The Balaban J connectivity index is 2.41. The Bertz CT molecular complexity index is 338. The lowest BCUT2D eigenvalue weighted by atomic mass is 9.95. The minimum absolute atomic E-state index is 0.612. The van der Waals surface area contributed by atoms with Crippen molar-refractivity contribution in [2.45, 2.75) is 45.2 Å². The Morgan fingerprint density at radius 1 is 1.59 bits per heavy atom. The molecule has 0 aliphatic rings. The van der Waals surface area contributed by atoms with Crippen LogP contribution in [0.1, 0.15) is 33.1 Å². The van der Waals surface area contributed by atoms with Crippen molar-refractivity contribution in [3.05, 3.63) is 18.7 Å². The van der Waals surface area contributed by atoms with E-state index in [9.17, 15) is 9.90 Å². The lowest BCUT2D eigenvalue weighted by Gasteiger charge is -2.26. The lowest BCUT2D eigenvalue weighted by Crippen LogP contribution is -2.49. The molecule has 0 saturated carbocycles. The van der Waals surface area contributed by atoms with E-state index < -0.39 is 11.5 Å². The van der Waals surface area contributed by atoms with E-state index >= 15 is 0 Å². The van der Waals surface area contributed by atoms with E-state index in [1.165, 1.54) is 0 Å². The van der Waals surface area contributed by atoms with E-state index in [4.69, 9.17) is 0 Å². The molecular formula is C12H21N3O2. The summed E-state index contributed by atoms with van der Waals surface area (Å²) in [5.74, 6) is -0.781. The molecule has 0 aliphatic carbocycles. The normalized spacial score (nSPS) is 14.5. The first kappa shape index (κ1) is 13.7. The number of imidazole rings is 1. The molecule has 1 heterocycles. The number of nitrogens with one attached hydrogen (secondary N) is 1. The second-order valence-electron chi connectivity index (χ2n) is 4.47. The van der Waals surface area contributed by atoms with Crippen molar-refractivity contribution >= 4 is 5.97 Å². The smallest absolute Gasteiger partial charge is 0.323 e. The van der Waals surface area contributed by atoms with Crippen LogP contribution in [-0.4, -0.2) is 32.7 Å². The second-order valence-corrected chi connectivity index (χ2v) is 4.47. The van der Waals surface area contributed by atoms with Crippen LogP contribution in [0.25, 0.3) is 0 Å². The van der Waals surface area contributed by atoms with Gasteiger partial charge < -0.3 is 15.0 Å². The first-order valence-corrected chi connectivity index (χ1v) is 6.02. The largest absolute Gasteiger partial charge is 0.480 e. The standard InChI is InChI=1S/C12H21N3O2/c1-3-6-14-12(2,11(16)17)5-4-8-15-9-7-13-10-15/h7,9-10,14H,3-6,8H2,1-2H3,(H,16,17). The molecule has 1 aromatic rings. The summed E-state index contributed by atoms with van der Waals surface area (Å²) in [6.45, 7) is 5.31. The highest BCUT2D eigenvalue weighted by atomic mass is 16.4. The number of nitrogens with zero attached hydrogens (tertiary/aromatic N) is 2. The van der Waals surface area contributed by atoms with Gasteiger partial charge in [-0.1, -0.05) is 6.92 Å². The Kier molecular flexibility index (Phi) is 5.15. The van der Waals surface area contributed by atoms with E-state index in [-0.39, 0.29) is 0 Å². The molecule has 0 amide bonds. The Morgan fingerprint density at radius 3 is 2.88 bits per heavy atom. The number of rotatable bonds is 8. The van der Waals surface area contributed by atoms with Gasteiger partial charge in [0, 0.05) is 18.9 Å². The monoisotopic (exact) mass is 239 g/mol. The molecule has 0 aromatic carbocycles. The van der Waals surface area contributed by atoms with E-state index in [0.29, 0.717) is 6.42 Å². The number of aromatic nitrogens is 2. The molecule has 5 nitrogen and oxygen atoms in total. The van der Waals surface area contributed by atoms with Gasteiger partial charge >= 0.3 is 5.97 Å². The molecule has 0 aliphatic heterocycles. The zero-order valence-electron chi connectivity index (χ0n) is 10.5. The third-order valence-corrected chi connectivity index (χ3v) is 2.89. The summed E-state index contributed by atoms with van der Waals surface area (Å²) >= 11 is 0. The molecule has 0 saturated heterocycles. The molecule has 0 radical (unpaired) electrons. The third-order valence-electron chi connectivity index (χ3n) is 2.89. The molecule has 1 unspecified atom stereocenters. The van der Waals surface area contributed by atoms with Gasteiger partial charge in [0.25, 0.3) is 0 Å². The molecule has 1 rings (SSSR count). The van der Waals surface area contributed by atoms with Crippen LogP contribution < -0.4 is 5.32 Å². The molecule has 1 atom stereocenters. The topological polar surface area (TPSA) is 67.2 Å². The zero-order valence-corrected chi connectivity index (χ0v) is 10.5. The van der Waals surface area contributed by atoms with Gasteiger partial charge in [0.05, 0.1) is 6.33 Å². The number of aryl methyl sites for hydroxylation is 1. The van der Waals surface area contributed by atoms with Crippen LogP contribution in [0.15, 0.2) is 18.7 Å². The average molecular weight is 239 g/mol. The van der Waals surface area contributed by atoms with Gasteiger partial charge in [-0.25, -0.2) is 4.98 Å². The van der Waals surface area contributed by atoms with E-state index in [2.05, 4.69) is 10.3 Å². The molecule has 0 fully saturated rings. The zero-order chi connectivity index (χ0) is 12.7. The summed E-state index contributed by atoms with van der Waals surface area (Å²) in [4.78, 5) is 15.2. The van der Waals surface area contributed by atoms with Crippen molar-refractivity contribution in [2.24, 2.45) is 0 Å². The highest BCUT2D eigenvalue weighted by molar-refractivity contribution is 5.78. The third kappa shape index (κ3) is 4.19. The van der Waals surface area contributed by atoms with Crippen LogP contribution in [0.2, 0.25) is 0 Å². The van der Waals surface area contributed by atoms with Gasteiger partial charge in [0.1, 0.15) is 5.54 Å². The average Bonchev–Trinajstić information content (AvgIpc) is 2.79. The fourth-order valence-corrected chi connectivity index (χ4v) is 1.71. The number of hydrogen-bond donors (Lipinski definition) is 2. The summed E-state index contributed by atoms with van der Waals surface area (Å²) < 4.78 is 1.96. The van der Waals surface area contributed by atoms with Gasteiger partial charge in [-0.15, -0.1) is 0 Å². The fraction of sp³-hybridized carbons (Fsp3) is 0.667. The number of carbonyl (C=O) groups is 1. The molecule has 0 spiro atoms. The summed E-state index contributed by atoms with van der Waals surface area (Å²) in [6, 6.07) is 0. The predicted molar refractivity (Wildman–Crippen MR) is 65.8 cm³/mol. The maximum absolute atomic E-state index is 11.2. The molecule has 2 N–H and O–H groups in total. The number of aliphatic carboxylic acids is 1. The van der Waals surface area contributed by atoms with Crippen LogP contribution in [0.4, 0.5) is 0 Å². The van der Waals surface area contributed by atoms with E-state index in [1.807, 2.05) is 17.7 Å². The van der Waals surface area contributed by atoms with Crippen LogP contribution in [0.3, 0.4) is 0 Å². The molecule has 17 heavy (non-hydrogen) atoms. The number of carboxylic acid groups (broad SMARTS) is 1. The number of carboxylic acids is 1. The maximum atomic E-state index is 11.2. The van der Waals surface area contributed by atoms with Crippen molar-refractivity contribution in [1.82, 2.24) is 14.9 Å². The highest BCUT2D eigenvalue weighted by Gasteiger charge is 2.31. The summed E-state index contributed by atoms with van der Waals surface area (Å²) in [6.07, 6.45) is 7.72. The molecule has 96 valence electrons. The number of hydrogen-bond acceptors (Lipinski definition) is 3. The summed E-state index contributed by atoms with van der Waals surface area (Å²) in [5.41, 5.74) is -0.823. The van der Waals surface area contributed by atoms with Crippen LogP contribution >= 0.6 is 0 Å². The Labute approximate surface area is 102 Å². The van der Waals surface area contributed by atoms with Gasteiger partial charge in [-0.2, -0.15) is 0 Å². The minimum atomic E-state index is -0.823. The maximum Gasteiger partial charge on any atom is 0.323 e. The fourth-order valence-electron chi connectivity index (χ4n) is 1.71. The molecular weight excluding hydrogens is 218 g/mol. The molecule has 5 heteroatoms. The van der Waals surface area contributed by atoms with Crippen LogP contribution in [-0.2, 0) is 11.3 Å². The minimum Gasteiger partial charge on any atom is -0.480 e. The van der Waals surface area contributed by atoms with Gasteiger partial charge in [-0.05, 0) is 32.7 Å². The van der Waals surface area contributed by atoms with Crippen molar-refractivity contribution in [3.8, 4) is 0 Å². The second kappa shape index (κ2) is 6.39. The van der Waals surface area contributed by atoms with Crippen molar-refractivity contribution in [2.75, 3.05) is 6.54 Å². The molecule has 0 bridgehead atoms. The van der Waals surface area contributed by atoms with Crippen LogP contribution in [0, 0.1) is 0 Å². The van der Waals surface area contributed by atoms with Crippen molar-refractivity contribution < 1.29 is 9.90 Å². The lowest BCUT2D eigenvalue weighted by molar-refractivity contribution is -0.144. The highest BCUT2D eigenvalue weighted by Crippen LogP contribution is 2.13. The van der Waals surface area contributed by atoms with Crippen molar-refractivity contribution in [3.63, 3.8) is 0 Å². The first-order valence-electron chi connectivity index (χ1n) is 6.02. The SMILES string of the molecule is CCCNC(C)(CCCn1ccnc1)C(=O)O. The summed E-state index contributed by atoms with van der Waals surface area (Å²) in [5, 5.41) is 12.3. The summed E-state index contributed by atoms with van der Waals surface area (Å²) in [7, 11) is 0.